The average molecular weight is 319 g/mol. The third-order valence-electron chi connectivity index (χ3n) is 2.78. The summed E-state index contributed by atoms with van der Waals surface area (Å²) in [5.41, 5.74) is 0.975. The smallest absolute Gasteiger partial charge is 0.321 e. The molecule has 0 saturated carbocycles. The molecule has 0 aliphatic heterocycles. The van der Waals surface area contributed by atoms with Gasteiger partial charge in [-0.05, 0) is 5.56 Å². The van der Waals surface area contributed by atoms with Gasteiger partial charge in [-0.15, -0.1) is 10.2 Å². The summed E-state index contributed by atoms with van der Waals surface area (Å²) < 4.78 is 1.77. The number of amides is 3. The zero-order chi connectivity index (χ0) is 15.8. The molecule has 0 fully saturated rings. The van der Waals surface area contributed by atoms with E-state index >= 15 is 0 Å². The van der Waals surface area contributed by atoms with E-state index in [1.807, 2.05) is 37.4 Å². The van der Waals surface area contributed by atoms with Crippen LogP contribution >= 0.6 is 11.8 Å². The standard InChI is InChI=1S/C14H17N5O2S/c1-19-10-16-18-14(19)22-8-7-12(20)17-13(21)15-9-11-5-3-2-4-6-11/h2-6,10H,7-9H2,1H3,(H2,15,17,20,21). The largest absolute Gasteiger partial charge is 0.334 e. The van der Waals surface area contributed by atoms with Crippen LogP contribution in [0, 0.1) is 0 Å². The van der Waals surface area contributed by atoms with Gasteiger partial charge in [0.2, 0.25) is 5.91 Å². The molecule has 2 aromatic rings. The Balaban J connectivity index is 1.64. The number of aromatic nitrogens is 3. The topological polar surface area (TPSA) is 88.9 Å². The number of thioether (sulfide) groups is 1. The molecular weight excluding hydrogens is 302 g/mol. The molecule has 116 valence electrons. The number of aryl methyl sites for hydroxylation is 1. The first-order valence-electron chi connectivity index (χ1n) is 6.73. The van der Waals surface area contributed by atoms with Crippen LogP contribution < -0.4 is 10.6 Å². The van der Waals surface area contributed by atoms with Crippen molar-refractivity contribution < 1.29 is 9.59 Å². The van der Waals surface area contributed by atoms with Crippen LogP contribution in [0.2, 0.25) is 0 Å². The summed E-state index contributed by atoms with van der Waals surface area (Å²) >= 11 is 1.42. The molecule has 0 atom stereocenters. The van der Waals surface area contributed by atoms with Crippen molar-refractivity contribution in [3.05, 3.63) is 42.2 Å². The Morgan fingerprint density at radius 1 is 1.27 bits per heavy atom. The van der Waals surface area contributed by atoms with E-state index in [0.29, 0.717) is 12.3 Å². The molecule has 1 heterocycles. The van der Waals surface area contributed by atoms with Crippen LogP contribution in [0.15, 0.2) is 41.8 Å². The summed E-state index contributed by atoms with van der Waals surface area (Å²) in [6, 6.07) is 9.01. The van der Waals surface area contributed by atoms with E-state index < -0.39 is 6.03 Å². The van der Waals surface area contributed by atoms with Crippen LogP contribution in [0.5, 0.6) is 0 Å². The number of carbonyl (C=O) groups is 2. The lowest BCUT2D eigenvalue weighted by atomic mass is 10.2. The summed E-state index contributed by atoms with van der Waals surface area (Å²) in [5, 5.41) is 13.3. The Morgan fingerprint density at radius 3 is 2.73 bits per heavy atom. The summed E-state index contributed by atoms with van der Waals surface area (Å²) in [4.78, 5) is 23.2. The molecule has 2 N–H and O–H groups in total. The van der Waals surface area contributed by atoms with E-state index in [1.165, 1.54) is 11.8 Å². The number of urea groups is 1. The van der Waals surface area contributed by atoms with Crippen LogP contribution in [-0.2, 0) is 18.4 Å². The van der Waals surface area contributed by atoms with Crippen molar-refractivity contribution in [1.29, 1.82) is 0 Å². The first-order chi connectivity index (χ1) is 10.6. The van der Waals surface area contributed by atoms with Crippen molar-refractivity contribution in [2.45, 2.75) is 18.1 Å². The van der Waals surface area contributed by atoms with Crippen LogP contribution in [0.1, 0.15) is 12.0 Å². The molecule has 0 aliphatic carbocycles. The summed E-state index contributed by atoms with van der Waals surface area (Å²) in [7, 11) is 1.83. The predicted octanol–water partition coefficient (Wildman–Crippen LogP) is 1.32. The van der Waals surface area contributed by atoms with Crippen LogP contribution in [-0.4, -0.2) is 32.5 Å². The number of carbonyl (C=O) groups excluding carboxylic acids is 2. The highest BCUT2D eigenvalue weighted by Crippen LogP contribution is 2.13. The predicted molar refractivity (Wildman–Crippen MR) is 83.2 cm³/mol. The van der Waals surface area contributed by atoms with Crippen molar-refractivity contribution in [3.63, 3.8) is 0 Å². The fourth-order valence-electron chi connectivity index (χ4n) is 1.65. The fourth-order valence-corrected chi connectivity index (χ4v) is 2.48. The van der Waals surface area contributed by atoms with E-state index in [2.05, 4.69) is 20.8 Å². The Bertz CT molecular complexity index is 629. The Kier molecular flexibility index (Phi) is 5.96. The van der Waals surface area contributed by atoms with E-state index in [9.17, 15) is 9.59 Å². The number of nitrogens with one attached hydrogen (secondary N) is 2. The molecule has 1 aromatic heterocycles. The number of rotatable bonds is 6. The zero-order valence-corrected chi connectivity index (χ0v) is 13.0. The molecule has 0 spiro atoms. The minimum Gasteiger partial charge on any atom is -0.334 e. The van der Waals surface area contributed by atoms with Crippen molar-refractivity contribution in [2.24, 2.45) is 7.05 Å². The molecule has 0 aliphatic rings. The lowest BCUT2D eigenvalue weighted by Crippen LogP contribution is -2.39. The number of benzene rings is 1. The molecule has 0 unspecified atom stereocenters. The maximum atomic E-state index is 11.7. The highest BCUT2D eigenvalue weighted by molar-refractivity contribution is 7.99. The van der Waals surface area contributed by atoms with Crippen molar-refractivity contribution in [3.8, 4) is 0 Å². The van der Waals surface area contributed by atoms with Gasteiger partial charge in [0.05, 0.1) is 0 Å². The second-order valence-corrected chi connectivity index (χ2v) is 5.60. The second kappa shape index (κ2) is 8.18. The van der Waals surface area contributed by atoms with Crippen molar-refractivity contribution in [2.75, 3.05) is 5.75 Å². The number of hydrogen-bond acceptors (Lipinski definition) is 5. The normalized spacial score (nSPS) is 10.2. The molecule has 2 rings (SSSR count). The third kappa shape index (κ3) is 5.21. The SMILES string of the molecule is Cn1cnnc1SCCC(=O)NC(=O)NCc1ccccc1. The van der Waals surface area contributed by atoms with E-state index in [-0.39, 0.29) is 12.3 Å². The van der Waals surface area contributed by atoms with Crippen LogP contribution in [0.25, 0.3) is 0 Å². The molecule has 0 radical (unpaired) electrons. The minimum absolute atomic E-state index is 0.232. The highest BCUT2D eigenvalue weighted by Gasteiger charge is 2.08. The van der Waals surface area contributed by atoms with Crippen molar-refractivity contribution >= 4 is 23.7 Å². The fraction of sp³-hybridized carbons (Fsp3) is 0.286. The zero-order valence-electron chi connectivity index (χ0n) is 12.2. The minimum atomic E-state index is -0.488. The molecular formula is C14H17N5O2S. The Morgan fingerprint density at radius 2 is 2.05 bits per heavy atom. The summed E-state index contributed by atoms with van der Waals surface area (Å²) in [5.74, 6) is 0.213. The molecule has 8 heteroatoms. The van der Waals surface area contributed by atoms with Gasteiger partial charge in [0.25, 0.3) is 0 Å². The molecule has 22 heavy (non-hydrogen) atoms. The molecule has 0 bridgehead atoms. The van der Waals surface area contributed by atoms with Gasteiger partial charge in [-0.25, -0.2) is 4.79 Å². The van der Waals surface area contributed by atoms with E-state index in [0.717, 1.165) is 10.7 Å². The van der Waals surface area contributed by atoms with Gasteiger partial charge in [0.1, 0.15) is 6.33 Å². The monoisotopic (exact) mass is 319 g/mol. The van der Waals surface area contributed by atoms with Gasteiger partial charge in [0.15, 0.2) is 5.16 Å². The van der Waals surface area contributed by atoms with Gasteiger partial charge in [0, 0.05) is 25.8 Å². The third-order valence-corrected chi connectivity index (χ3v) is 3.82. The summed E-state index contributed by atoms with van der Waals surface area (Å²) in [6.45, 7) is 0.383. The number of imide groups is 1. The molecule has 1 aromatic carbocycles. The Hall–Kier alpha value is -2.35. The molecule has 0 saturated heterocycles. The van der Waals surface area contributed by atoms with Crippen molar-refractivity contribution in [1.82, 2.24) is 25.4 Å². The Labute approximate surface area is 132 Å². The van der Waals surface area contributed by atoms with Gasteiger partial charge >= 0.3 is 6.03 Å². The quantitative estimate of drug-likeness (QED) is 0.784. The maximum Gasteiger partial charge on any atom is 0.321 e. The first kappa shape index (κ1) is 16.0. The lowest BCUT2D eigenvalue weighted by Gasteiger charge is -2.06. The maximum absolute atomic E-state index is 11.7. The average Bonchev–Trinajstić information content (AvgIpc) is 2.92. The van der Waals surface area contributed by atoms with Gasteiger partial charge < -0.3 is 9.88 Å². The van der Waals surface area contributed by atoms with Gasteiger partial charge in [-0.2, -0.15) is 0 Å². The highest BCUT2D eigenvalue weighted by atomic mass is 32.2. The van der Waals surface area contributed by atoms with Gasteiger partial charge in [-0.1, -0.05) is 42.1 Å². The second-order valence-electron chi connectivity index (χ2n) is 4.54. The van der Waals surface area contributed by atoms with Crippen LogP contribution in [0.3, 0.4) is 0 Å². The van der Waals surface area contributed by atoms with Crippen LogP contribution in [0.4, 0.5) is 4.79 Å². The number of nitrogens with zero attached hydrogens (tertiary/aromatic N) is 3. The van der Waals surface area contributed by atoms with E-state index in [1.54, 1.807) is 10.9 Å². The van der Waals surface area contributed by atoms with Gasteiger partial charge in [-0.3, -0.25) is 10.1 Å². The first-order valence-corrected chi connectivity index (χ1v) is 7.72. The summed E-state index contributed by atoms with van der Waals surface area (Å²) in [6.07, 6.45) is 1.83. The molecule has 3 amide bonds. The van der Waals surface area contributed by atoms with E-state index in [4.69, 9.17) is 0 Å². The number of hydrogen-bond donors (Lipinski definition) is 2. The molecule has 7 nitrogen and oxygen atoms in total. The lowest BCUT2D eigenvalue weighted by molar-refractivity contribution is -0.119.